The monoisotopic (exact) mass is 634 g/mol. The molecule has 0 spiro atoms. The van der Waals surface area contributed by atoms with Gasteiger partial charge >= 0.3 is 0 Å². The van der Waals surface area contributed by atoms with Crippen LogP contribution in [0.4, 0.5) is 0 Å². The smallest absolute Gasteiger partial charge is 0.211 e. The van der Waals surface area contributed by atoms with E-state index < -0.39 is 0 Å². The van der Waals surface area contributed by atoms with Gasteiger partial charge in [0.15, 0.2) is 0 Å². The van der Waals surface area contributed by atoms with Gasteiger partial charge in [-0.1, -0.05) is 60.9 Å². The summed E-state index contributed by atoms with van der Waals surface area (Å²) in [6.45, 7) is 11.8. The van der Waals surface area contributed by atoms with Crippen LogP contribution >= 0.6 is 94.1 Å². The molecule has 3 rings (SSSR count). The largest absolute Gasteiger partial charge is 0.282 e. The standard InChI is InChI=1S/C26H34O2S8/c1-5-23(27)31-11-21-13-33-25(35-21)15-29-17(3)19-8-7-9-20(10-19)18(4)30-16-26-34-14-22(36-26)12-32-24(28)6-2/h5-10,17-18,21-22,25-26H,1-2,11-16H2,3-4H3. The molecule has 6 atom stereocenters. The van der Waals surface area contributed by atoms with Gasteiger partial charge < -0.3 is 0 Å². The summed E-state index contributed by atoms with van der Waals surface area (Å²) in [6, 6.07) is 9.15. The van der Waals surface area contributed by atoms with Crippen molar-refractivity contribution in [2.24, 2.45) is 0 Å². The molecule has 6 unspecified atom stereocenters. The lowest BCUT2D eigenvalue weighted by atomic mass is 10.1. The zero-order valence-corrected chi connectivity index (χ0v) is 27.2. The Bertz CT molecular complexity index is 827. The molecule has 0 N–H and O–H groups in total. The first-order valence-electron chi connectivity index (χ1n) is 11.8. The summed E-state index contributed by atoms with van der Waals surface area (Å²) in [7, 11) is 0. The van der Waals surface area contributed by atoms with Crippen LogP contribution in [0.15, 0.2) is 49.6 Å². The summed E-state index contributed by atoms with van der Waals surface area (Å²) < 4.78 is 1.22. The van der Waals surface area contributed by atoms with E-state index in [9.17, 15) is 9.59 Å². The quantitative estimate of drug-likeness (QED) is 0.186. The maximum atomic E-state index is 11.5. The Morgan fingerprint density at radius 3 is 1.72 bits per heavy atom. The molecule has 1 aromatic rings. The van der Waals surface area contributed by atoms with Crippen molar-refractivity contribution in [1.29, 1.82) is 0 Å². The van der Waals surface area contributed by atoms with Crippen LogP contribution in [-0.4, -0.2) is 64.4 Å². The summed E-state index contributed by atoms with van der Waals surface area (Å²) in [5.41, 5.74) is 2.82. The Morgan fingerprint density at radius 2 is 1.31 bits per heavy atom. The molecule has 2 fully saturated rings. The van der Waals surface area contributed by atoms with E-state index in [1.165, 1.54) is 46.8 Å². The van der Waals surface area contributed by atoms with Crippen molar-refractivity contribution in [2.45, 2.75) is 44.0 Å². The molecular weight excluding hydrogens is 601 g/mol. The Labute approximate surface area is 251 Å². The molecular formula is C26H34O2S8. The summed E-state index contributed by atoms with van der Waals surface area (Å²) in [4.78, 5) is 23.0. The van der Waals surface area contributed by atoms with E-state index in [2.05, 4.69) is 51.3 Å². The van der Waals surface area contributed by atoms with E-state index in [-0.39, 0.29) is 10.2 Å². The Balaban J connectivity index is 1.38. The molecule has 2 saturated heterocycles. The Kier molecular flexibility index (Phi) is 14.7. The second kappa shape index (κ2) is 16.8. The first-order valence-corrected chi connectivity index (χ1v) is 19.9. The van der Waals surface area contributed by atoms with Crippen molar-refractivity contribution in [2.75, 3.05) is 34.5 Å². The van der Waals surface area contributed by atoms with E-state index in [1.54, 1.807) is 0 Å². The first kappa shape index (κ1) is 31.4. The van der Waals surface area contributed by atoms with Crippen LogP contribution in [0.3, 0.4) is 0 Å². The van der Waals surface area contributed by atoms with Crippen LogP contribution in [0, 0.1) is 0 Å². The third-order valence-electron chi connectivity index (χ3n) is 5.59. The van der Waals surface area contributed by atoms with E-state index in [4.69, 9.17) is 0 Å². The minimum absolute atomic E-state index is 0.0836. The highest BCUT2D eigenvalue weighted by Crippen LogP contribution is 2.45. The fourth-order valence-corrected chi connectivity index (χ4v) is 15.0. The van der Waals surface area contributed by atoms with Crippen LogP contribution in [0.2, 0.25) is 0 Å². The van der Waals surface area contributed by atoms with E-state index in [1.807, 2.05) is 70.6 Å². The van der Waals surface area contributed by atoms with Crippen molar-refractivity contribution in [3.63, 3.8) is 0 Å². The zero-order valence-electron chi connectivity index (χ0n) is 20.7. The first-order chi connectivity index (χ1) is 17.4. The van der Waals surface area contributed by atoms with Crippen molar-refractivity contribution in [3.8, 4) is 0 Å². The molecule has 0 amide bonds. The van der Waals surface area contributed by atoms with Crippen molar-refractivity contribution < 1.29 is 9.59 Å². The number of thioether (sulfide) groups is 8. The van der Waals surface area contributed by atoms with Gasteiger partial charge in [0.25, 0.3) is 0 Å². The topological polar surface area (TPSA) is 34.1 Å². The summed E-state index contributed by atoms with van der Waals surface area (Å²) in [5.74, 6) is 6.32. The zero-order chi connectivity index (χ0) is 25.9. The van der Waals surface area contributed by atoms with E-state index in [0.717, 1.165) is 34.5 Å². The maximum absolute atomic E-state index is 11.5. The van der Waals surface area contributed by atoms with Gasteiger partial charge in [0.2, 0.25) is 10.2 Å². The van der Waals surface area contributed by atoms with Gasteiger partial charge in [0.1, 0.15) is 0 Å². The number of carbonyl (C=O) groups excluding carboxylic acids is 2. The van der Waals surface area contributed by atoms with Gasteiger partial charge in [0, 0.05) is 55.5 Å². The molecule has 198 valence electrons. The molecule has 36 heavy (non-hydrogen) atoms. The number of rotatable bonds is 14. The molecule has 2 heterocycles. The van der Waals surface area contributed by atoms with Gasteiger partial charge in [-0.2, -0.15) is 23.5 Å². The molecule has 2 aliphatic rings. The van der Waals surface area contributed by atoms with Crippen LogP contribution in [-0.2, 0) is 9.59 Å². The van der Waals surface area contributed by atoms with Crippen LogP contribution < -0.4 is 0 Å². The molecule has 0 saturated carbocycles. The predicted octanol–water partition coefficient (Wildman–Crippen LogP) is 8.52. The van der Waals surface area contributed by atoms with Crippen LogP contribution in [0.5, 0.6) is 0 Å². The van der Waals surface area contributed by atoms with E-state index >= 15 is 0 Å². The number of carbonyl (C=O) groups is 2. The molecule has 2 nitrogen and oxygen atoms in total. The SMILES string of the molecule is C=CC(=O)SCC1CSC(CSC(C)c2cccc(C(C)SCC3SCC(CSC(=O)C=C)S3)c2)S1. The lowest BCUT2D eigenvalue weighted by Gasteiger charge is -2.18. The van der Waals surface area contributed by atoms with Gasteiger partial charge in [-0.25, -0.2) is 0 Å². The molecule has 0 bridgehead atoms. The van der Waals surface area contributed by atoms with Crippen LogP contribution in [0.1, 0.15) is 35.5 Å². The molecule has 1 aromatic carbocycles. The highest BCUT2D eigenvalue weighted by atomic mass is 32.2. The van der Waals surface area contributed by atoms with Gasteiger partial charge in [-0.15, -0.1) is 47.0 Å². The summed E-state index contributed by atoms with van der Waals surface area (Å²) in [5, 5.41) is 2.23. The highest BCUT2D eigenvalue weighted by Gasteiger charge is 2.28. The van der Waals surface area contributed by atoms with Crippen LogP contribution in [0.25, 0.3) is 0 Å². The minimum Gasteiger partial charge on any atom is -0.282 e. The van der Waals surface area contributed by atoms with Gasteiger partial charge in [-0.05, 0) is 37.1 Å². The average Bonchev–Trinajstić information content (AvgIpc) is 3.56. The predicted molar refractivity (Wildman–Crippen MR) is 179 cm³/mol. The average molecular weight is 635 g/mol. The fourth-order valence-electron chi connectivity index (χ4n) is 3.54. The molecule has 0 radical (unpaired) electrons. The van der Waals surface area contributed by atoms with Crippen molar-refractivity contribution in [1.82, 2.24) is 0 Å². The van der Waals surface area contributed by atoms with Crippen molar-refractivity contribution in [3.05, 3.63) is 60.7 Å². The second-order valence-electron chi connectivity index (χ2n) is 8.33. The third kappa shape index (κ3) is 10.8. The highest BCUT2D eigenvalue weighted by molar-refractivity contribution is 8.23. The van der Waals surface area contributed by atoms with E-state index in [0.29, 0.717) is 30.2 Å². The molecule has 2 aliphatic heterocycles. The number of benzene rings is 1. The lowest BCUT2D eigenvalue weighted by Crippen LogP contribution is -2.07. The lowest BCUT2D eigenvalue weighted by molar-refractivity contribution is -0.107. The third-order valence-corrected chi connectivity index (χ3v) is 18.0. The van der Waals surface area contributed by atoms with Gasteiger partial charge in [0.05, 0.1) is 9.16 Å². The number of hydrogen-bond donors (Lipinski definition) is 0. The normalized spacial score (nSPS) is 25.4. The van der Waals surface area contributed by atoms with Gasteiger partial charge in [-0.3, -0.25) is 9.59 Å². The molecule has 10 heteroatoms. The minimum atomic E-state index is 0.0836. The second-order valence-corrected chi connectivity index (χ2v) is 19.2. The number of hydrogen-bond acceptors (Lipinski definition) is 10. The Hall–Kier alpha value is 0.840. The van der Waals surface area contributed by atoms with Crippen molar-refractivity contribution >= 4 is 104 Å². The maximum Gasteiger partial charge on any atom is 0.211 e. The summed E-state index contributed by atoms with van der Waals surface area (Å²) >= 11 is 15.0. The summed E-state index contributed by atoms with van der Waals surface area (Å²) in [6.07, 6.45) is 2.83. The fraction of sp³-hybridized carbons (Fsp3) is 0.538. The Morgan fingerprint density at radius 1 is 0.861 bits per heavy atom. The molecule has 0 aliphatic carbocycles. The molecule has 0 aromatic heterocycles.